The average molecular weight is 287 g/mol. The number of hydrogen-bond acceptors (Lipinski definition) is 3. The summed E-state index contributed by atoms with van der Waals surface area (Å²) >= 11 is 3.46. The summed E-state index contributed by atoms with van der Waals surface area (Å²) in [5.74, 6) is 5.59. The van der Waals surface area contributed by atoms with Crippen LogP contribution < -0.4 is 11.3 Å². The number of rotatable bonds is 6. The minimum atomic E-state index is 0.197. The first-order valence-electron chi connectivity index (χ1n) is 5.40. The normalized spacial score (nSPS) is 12.8. The van der Waals surface area contributed by atoms with Crippen molar-refractivity contribution in [1.29, 1.82) is 0 Å². The van der Waals surface area contributed by atoms with E-state index in [0.29, 0.717) is 0 Å². The van der Waals surface area contributed by atoms with Gasteiger partial charge in [-0.15, -0.1) is 0 Å². The van der Waals surface area contributed by atoms with Crippen molar-refractivity contribution in [2.75, 3.05) is 13.7 Å². The van der Waals surface area contributed by atoms with Gasteiger partial charge in [0.25, 0.3) is 0 Å². The van der Waals surface area contributed by atoms with Crippen LogP contribution in [0.1, 0.15) is 30.0 Å². The molecule has 0 aliphatic rings. The van der Waals surface area contributed by atoms with Gasteiger partial charge < -0.3 is 4.74 Å². The highest BCUT2D eigenvalue weighted by Crippen LogP contribution is 2.24. The van der Waals surface area contributed by atoms with Gasteiger partial charge in [-0.3, -0.25) is 11.3 Å². The Morgan fingerprint density at radius 3 is 2.81 bits per heavy atom. The molecule has 0 saturated carbocycles. The Morgan fingerprint density at radius 2 is 2.25 bits per heavy atom. The number of hydrogen-bond donors (Lipinski definition) is 2. The van der Waals surface area contributed by atoms with Crippen LogP contribution in [0.5, 0.6) is 0 Å². The van der Waals surface area contributed by atoms with Crippen molar-refractivity contribution in [3.05, 3.63) is 33.8 Å². The summed E-state index contributed by atoms with van der Waals surface area (Å²) in [6.07, 6.45) is 1.98. The first-order chi connectivity index (χ1) is 7.69. The molecule has 3 N–H and O–H groups in total. The molecule has 0 aliphatic carbocycles. The van der Waals surface area contributed by atoms with Crippen LogP contribution in [0.3, 0.4) is 0 Å². The van der Waals surface area contributed by atoms with Crippen LogP contribution in [-0.2, 0) is 4.74 Å². The standard InChI is InChI=1S/C12H19BrN2O/c1-9-8-10(13)5-6-11(9)12(15-14)4-3-7-16-2/h5-6,8,12,15H,3-4,7,14H2,1-2H3. The van der Waals surface area contributed by atoms with Gasteiger partial charge in [0.1, 0.15) is 0 Å². The summed E-state index contributed by atoms with van der Waals surface area (Å²) < 4.78 is 6.14. The van der Waals surface area contributed by atoms with Crippen molar-refractivity contribution in [1.82, 2.24) is 5.43 Å². The molecule has 1 atom stereocenters. The van der Waals surface area contributed by atoms with Crippen molar-refractivity contribution in [2.45, 2.75) is 25.8 Å². The van der Waals surface area contributed by atoms with Crippen LogP contribution in [0.2, 0.25) is 0 Å². The van der Waals surface area contributed by atoms with E-state index >= 15 is 0 Å². The predicted molar refractivity (Wildman–Crippen MR) is 70.1 cm³/mol. The fourth-order valence-corrected chi connectivity index (χ4v) is 2.27. The van der Waals surface area contributed by atoms with E-state index in [0.717, 1.165) is 23.9 Å². The SMILES string of the molecule is COCCCC(NN)c1ccc(Br)cc1C. The third-order valence-corrected chi connectivity index (χ3v) is 3.14. The molecule has 16 heavy (non-hydrogen) atoms. The minimum absolute atomic E-state index is 0.197. The van der Waals surface area contributed by atoms with Crippen molar-refractivity contribution < 1.29 is 4.74 Å². The lowest BCUT2D eigenvalue weighted by Gasteiger charge is -2.18. The lowest BCUT2D eigenvalue weighted by molar-refractivity contribution is 0.188. The molecule has 0 heterocycles. The highest BCUT2D eigenvalue weighted by Gasteiger charge is 2.11. The largest absolute Gasteiger partial charge is 0.385 e. The lowest BCUT2D eigenvalue weighted by Crippen LogP contribution is -2.28. The van der Waals surface area contributed by atoms with E-state index in [1.165, 1.54) is 11.1 Å². The molecule has 0 aromatic heterocycles. The third-order valence-electron chi connectivity index (χ3n) is 2.65. The van der Waals surface area contributed by atoms with Crippen LogP contribution in [-0.4, -0.2) is 13.7 Å². The average Bonchev–Trinajstić information content (AvgIpc) is 2.26. The van der Waals surface area contributed by atoms with Crippen molar-refractivity contribution in [3.63, 3.8) is 0 Å². The molecule has 0 saturated heterocycles. The first kappa shape index (κ1) is 13.6. The maximum absolute atomic E-state index is 5.59. The van der Waals surface area contributed by atoms with E-state index in [1.54, 1.807) is 7.11 Å². The highest BCUT2D eigenvalue weighted by molar-refractivity contribution is 9.10. The van der Waals surface area contributed by atoms with Gasteiger partial charge in [0.2, 0.25) is 0 Å². The van der Waals surface area contributed by atoms with E-state index < -0.39 is 0 Å². The highest BCUT2D eigenvalue weighted by atomic mass is 79.9. The molecule has 0 bridgehead atoms. The van der Waals surface area contributed by atoms with Gasteiger partial charge in [0.15, 0.2) is 0 Å². The fourth-order valence-electron chi connectivity index (χ4n) is 1.79. The second-order valence-corrected chi connectivity index (χ2v) is 4.77. The summed E-state index contributed by atoms with van der Waals surface area (Å²) in [4.78, 5) is 0. The number of nitrogens with two attached hydrogens (primary N) is 1. The molecule has 90 valence electrons. The van der Waals surface area contributed by atoms with Crippen LogP contribution in [0.25, 0.3) is 0 Å². The van der Waals surface area contributed by atoms with Crippen LogP contribution >= 0.6 is 15.9 Å². The van der Waals surface area contributed by atoms with Gasteiger partial charge in [0.05, 0.1) is 0 Å². The fraction of sp³-hybridized carbons (Fsp3) is 0.500. The predicted octanol–water partition coefficient (Wildman–Crippen LogP) is 2.69. The molecule has 1 aromatic carbocycles. The topological polar surface area (TPSA) is 47.3 Å². The summed E-state index contributed by atoms with van der Waals surface area (Å²) in [7, 11) is 1.72. The second kappa shape index (κ2) is 7.01. The number of ether oxygens (including phenoxy) is 1. The van der Waals surface area contributed by atoms with Gasteiger partial charge in [-0.25, -0.2) is 0 Å². The minimum Gasteiger partial charge on any atom is -0.385 e. The second-order valence-electron chi connectivity index (χ2n) is 3.86. The van der Waals surface area contributed by atoms with Gasteiger partial charge in [-0.2, -0.15) is 0 Å². The Kier molecular flexibility index (Phi) is 5.98. The van der Waals surface area contributed by atoms with Crippen molar-refractivity contribution >= 4 is 15.9 Å². The molecular formula is C12H19BrN2O. The number of aryl methyl sites for hydroxylation is 1. The number of benzene rings is 1. The lowest BCUT2D eigenvalue weighted by atomic mass is 9.98. The molecule has 0 aliphatic heterocycles. The summed E-state index contributed by atoms with van der Waals surface area (Å²) in [6, 6.07) is 6.46. The molecule has 3 nitrogen and oxygen atoms in total. The van der Waals surface area contributed by atoms with Gasteiger partial charge in [-0.05, 0) is 43.0 Å². The van der Waals surface area contributed by atoms with Crippen LogP contribution in [0.4, 0.5) is 0 Å². The van der Waals surface area contributed by atoms with E-state index in [2.05, 4.69) is 40.4 Å². The molecular weight excluding hydrogens is 268 g/mol. The van der Waals surface area contributed by atoms with E-state index in [4.69, 9.17) is 10.6 Å². The number of halogens is 1. The molecule has 0 amide bonds. The molecule has 0 fully saturated rings. The maximum atomic E-state index is 5.59. The number of methoxy groups -OCH3 is 1. The van der Waals surface area contributed by atoms with Gasteiger partial charge >= 0.3 is 0 Å². The van der Waals surface area contributed by atoms with Crippen molar-refractivity contribution in [2.24, 2.45) is 5.84 Å². The molecule has 1 unspecified atom stereocenters. The molecule has 0 spiro atoms. The zero-order chi connectivity index (χ0) is 12.0. The molecule has 1 aromatic rings. The third kappa shape index (κ3) is 3.87. The Labute approximate surface area is 105 Å². The molecule has 4 heteroatoms. The van der Waals surface area contributed by atoms with Gasteiger partial charge in [-0.1, -0.05) is 22.0 Å². The van der Waals surface area contributed by atoms with Crippen LogP contribution in [0, 0.1) is 6.92 Å². The van der Waals surface area contributed by atoms with Crippen molar-refractivity contribution in [3.8, 4) is 0 Å². The quantitative estimate of drug-likeness (QED) is 0.480. The van der Waals surface area contributed by atoms with E-state index in [-0.39, 0.29) is 6.04 Å². The Balaban J connectivity index is 2.70. The number of hydrazine groups is 1. The Hall–Kier alpha value is -0.420. The zero-order valence-electron chi connectivity index (χ0n) is 9.79. The van der Waals surface area contributed by atoms with E-state index in [9.17, 15) is 0 Å². The Bertz CT molecular complexity index is 331. The Morgan fingerprint density at radius 1 is 1.50 bits per heavy atom. The summed E-state index contributed by atoms with van der Waals surface area (Å²) in [6.45, 7) is 2.87. The molecule has 0 radical (unpaired) electrons. The van der Waals surface area contributed by atoms with Crippen LogP contribution in [0.15, 0.2) is 22.7 Å². The smallest absolute Gasteiger partial charge is 0.0463 e. The van der Waals surface area contributed by atoms with E-state index in [1.807, 2.05) is 6.07 Å². The summed E-state index contributed by atoms with van der Waals surface area (Å²) in [5.41, 5.74) is 5.36. The van der Waals surface area contributed by atoms with Gasteiger partial charge in [0, 0.05) is 24.2 Å². The number of nitrogens with one attached hydrogen (secondary N) is 1. The molecule has 1 rings (SSSR count). The summed E-state index contributed by atoms with van der Waals surface area (Å²) in [5, 5.41) is 0. The monoisotopic (exact) mass is 286 g/mol. The maximum Gasteiger partial charge on any atom is 0.0463 e. The first-order valence-corrected chi connectivity index (χ1v) is 6.19. The zero-order valence-corrected chi connectivity index (χ0v) is 11.4.